The van der Waals surface area contributed by atoms with Gasteiger partial charge in [-0.1, -0.05) is 55.0 Å². The number of nitrogens with zero attached hydrogens (tertiary/aromatic N) is 3. The number of anilines is 1. The molecule has 0 saturated carbocycles. The summed E-state index contributed by atoms with van der Waals surface area (Å²) in [5.41, 5.74) is 2.50. The zero-order valence-electron chi connectivity index (χ0n) is 23.7. The van der Waals surface area contributed by atoms with Crippen molar-refractivity contribution in [2.75, 3.05) is 18.6 Å². The first kappa shape index (κ1) is 28.1. The molecule has 1 atom stereocenters. The summed E-state index contributed by atoms with van der Waals surface area (Å²) in [4.78, 5) is 60.1. The molecule has 0 N–H and O–H groups in total. The van der Waals surface area contributed by atoms with Gasteiger partial charge >= 0.3 is 11.9 Å². The topological polar surface area (TPSA) is 120 Å². The third-order valence-electron chi connectivity index (χ3n) is 7.42. The molecular formula is C32H27N3O7S. The number of unbranched alkanes of at least 4 members (excludes halogenated alkanes) is 1. The summed E-state index contributed by atoms with van der Waals surface area (Å²) in [6, 6.07) is 16.1. The summed E-state index contributed by atoms with van der Waals surface area (Å²) in [5.74, 6) is -1.22. The van der Waals surface area contributed by atoms with Gasteiger partial charge in [0.2, 0.25) is 5.76 Å². The molecule has 10 nitrogen and oxygen atoms in total. The number of carbonyl (C=O) groups is 3. The summed E-state index contributed by atoms with van der Waals surface area (Å²) in [7, 11) is 1.27. The lowest BCUT2D eigenvalue weighted by atomic mass is 9.96. The van der Waals surface area contributed by atoms with Crippen LogP contribution in [0.1, 0.15) is 54.4 Å². The van der Waals surface area contributed by atoms with E-state index in [1.165, 1.54) is 24.0 Å². The quantitative estimate of drug-likeness (QED) is 0.235. The van der Waals surface area contributed by atoms with E-state index in [9.17, 15) is 19.2 Å². The SMILES string of the molecule is CCCCN1C(=O)/C(=c2\sc3n(c2=O)[C@H](c2ccc(OC(=O)c4ccco4)cc2)C(C(=O)OC)=C(C)N=3)c2ccccc21. The Kier molecular flexibility index (Phi) is 7.41. The lowest BCUT2D eigenvalue weighted by Crippen LogP contribution is -2.40. The Balaban J connectivity index is 1.49. The number of carbonyl (C=O) groups excluding carboxylic acids is 3. The molecule has 4 heterocycles. The van der Waals surface area contributed by atoms with Gasteiger partial charge < -0.3 is 18.8 Å². The van der Waals surface area contributed by atoms with Crippen LogP contribution in [0, 0.1) is 0 Å². The van der Waals surface area contributed by atoms with Gasteiger partial charge in [0.25, 0.3) is 11.5 Å². The van der Waals surface area contributed by atoms with Crippen LogP contribution in [0.25, 0.3) is 5.57 Å². The summed E-state index contributed by atoms with van der Waals surface area (Å²) >= 11 is 1.12. The normalized spacial score (nSPS) is 17.0. The van der Waals surface area contributed by atoms with Gasteiger partial charge in [-0.05, 0) is 49.2 Å². The first-order chi connectivity index (χ1) is 20.8. The third kappa shape index (κ3) is 4.81. The minimum Gasteiger partial charge on any atom is -0.466 e. The molecule has 4 aromatic rings. The predicted molar refractivity (Wildman–Crippen MR) is 159 cm³/mol. The van der Waals surface area contributed by atoms with E-state index in [1.807, 2.05) is 24.3 Å². The molecule has 0 spiro atoms. The Morgan fingerprint density at radius 1 is 1.02 bits per heavy atom. The van der Waals surface area contributed by atoms with Crippen molar-refractivity contribution < 1.29 is 28.3 Å². The molecule has 0 saturated heterocycles. The largest absolute Gasteiger partial charge is 0.466 e. The molecule has 0 bridgehead atoms. The zero-order chi connectivity index (χ0) is 30.2. The van der Waals surface area contributed by atoms with Crippen molar-refractivity contribution in [3.8, 4) is 5.75 Å². The van der Waals surface area contributed by atoms with Crippen molar-refractivity contribution in [3.63, 3.8) is 0 Å². The number of benzene rings is 2. The maximum atomic E-state index is 14.2. The summed E-state index contributed by atoms with van der Waals surface area (Å²) in [6.45, 7) is 4.28. The van der Waals surface area contributed by atoms with Crippen LogP contribution >= 0.6 is 11.3 Å². The molecule has 2 aliphatic heterocycles. The number of hydrogen-bond donors (Lipinski definition) is 0. The standard InChI is InChI=1S/C32H27N3O7S/c1-4-5-16-34-22-10-7-6-9-21(22)25(28(34)36)27-29(37)35-26(24(31(39)40-3)18(2)33-32(35)43-27)19-12-14-20(15-13-19)42-30(38)23-11-8-17-41-23/h6-15,17,26H,4-5,16H2,1-3H3/b27-25-/t26-/m1/s1. The molecule has 2 aliphatic rings. The van der Waals surface area contributed by atoms with Crippen LogP contribution in [0.15, 0.2) is 92.4 Å². The maximum absolute atomic E-state index is 14.2. The number of amides is 1. The van der Waals surface area contributed by atoms with Gasteiger partial charge in [-0.3, -0.25) is 14.2 Å². The van der Waals surface area contributed by atoms with Gasteiger partial charge in [0, 0.05) is 12.1 Å². The average molecular weight is 598 g/mol. The molecule has 1 amide bonds. The molecule has 0 unspecified atom stereocenters. The van der Waals surface area contributed by atoms with Gasteiger partial charge in [0.15, 0.2) is 4.80 Å². The predicted octanol–water partition coefficient (Wildman–Crippen LogP) is 3.74. The molecular weight excluding hydrogens is 570 g/mol. The molecule has 6 rings (SSSR count). The van der Waals surface area contributed by atoms with Gasteiger partial charge in [-0.25, -0.2) is 14.6 Å². The Morgan fingerprint density at radius 2 is 1.79 bits per heavy atom. The van der Waals surface area contributed by atoms with Crippen LogP contribution in [0.5, 0.6) is 5.75 Å². The van der Waals surface area contributed by atoms with Crippen molar-refractivity contribution >= 4 is 40.4 Å². The van der Waals surface area contributed by atoms with E-state index in [0.717, 1.165) is 29.9 Å². The number of rotatable bonds is 7. The van der Waals surface area contributed by atoms with E-state index in [-0.39, 0.29) is 27.5 Å². The minimum atomic E-state index is -0.893. The van der Waals surface area contributed by atoms with Crippen LogP contribution in [0.2, 0.25) is 0 Å². The van der Waals surface area contributed by atoms with Crippen molar-refractivity contribution in [2.45, 2.75) is 32.7 Å². The molecule has 2 aromatic heterocycles. The lowest BCUT2D eigenvalue weighted by Gasteiger charge is -2.24. The van der Waals surface area contributed by atoms with Crippen molar-refractivity contribution in [1.29, 1.82) is 0 Å². The Morgan fingerprint density at radius 3 is 2.49 bits per heavy atom. The first-order valence-corrected chi connectivity index (χ1v) is 14.6. The number of ether oxygens (including phenoxy) is 2. The van der Waals surface area contributed by atoms with Crippen LogP contribution in [0.3, 0.4) is 0 Å². The van der Waals surface area contributed by atoms with E-state index >= 15 is 0 Å². The smallest absolute Gasteiger partial charge is 0.379 e. The summed E-state index contributed by atoms with van der Waals surface area (Å²) < 4.78 is 17.3. The number of furan rings is 1. The van der Waals surface area contributed by atoms with Crippen LogP contribution < -0.4 is 24.5 Å². The fourth-order valence-electron chi connectivity index (χ4n) is 5.37. The number of allylic oxidation sites excluding steroid dienone is 1. The van der Waals surface area contributed by atoms with Gasteiger partial charge in [-0.15, -0.1) is 0 Å². The second kappa shape index (κ2) is 11.3. The second-order valence-electron chi connectivity index (χ2n) is 10.0. The molecule has 218 valence electrons. The zero-order valence-corrected chi connectivity index (χ0v) is 24.5. The molecule has 43 heavy (non-hydrogen) atoms. The van der Waals surface area contributed by atoms with E-state index in [4.69, 9.17) is 13.9 Å². The van der Waals surface area contributed by atoms with Crippen LogP contribution in [-0.2, 0) is 14.3 Å². The number of thiazole rings is 1. The molecule has 0 fully saturated rings. The minimum absolute atomic E-state index is 0.0558. The van der Waals surface area contributed by atoms with E-state index in [0.29, 0.717) is 33.7 Å². The summed E-state index contributed by atoms with van der Waals surface area (Å²) in [6.07, 6.45) is 3.11. The fourth-order valence-corrected chi connectivity index (χ4v) is 6.50. The Labute approximate surface area is 249 Å². The number of fused-ring (bicyclic) bond motifs is 2. The monoisotopic (exact) mass is 597 g/mol. The highest BCUT2D eigenvalue weighted by Crippen LogP contribution is 2.36. The summed E-state index contributed by atoms with van der Waals surface area (Å²) in [5, 5.41) is 0. The van der Waals surface area contributed by atoms with E-state index in [1.54, 1.807) is 42.2 Å². The van der Waals surface area contributed by atoms with E-state index in [2.05, 4.69) is 11.9 Å². The molecule has 2 aromatic carbocycles. The molecule has 11 heteroatoms. The van der Waals surface area contributed by atoms with Crippen molar-refractivity contribution in [3.05, 3.63) is 115 Å². The highest BCUT2D eigenvalue weighted by atomic mass is 32.1. The average Bonchev–Trinajstić information content (AvgIpc) is 3.72. The van der Waals surface area contributed by atoms with E-state index < -0.39 is 23.5 Å². The van der Waals surface area contributed by atoms with Crippen LogP contribution in [0.4, 0.5) is 5.69 Å². The number of para-hydroxylation sites is 1. The third-order valence-corrected chi connectivity index (χ3v) is 8.47. The first-order valence-electron chi connectivity index (χ1n) is 13.7. The van der Waals surface area contributed by atoms with Crippen LogP contribution in [-0.4, -0.2) is 36.1 Å². The number of esters is 2. The second-order valence-corrected chi connectivity index (χ2v) is 11.0. The fraction of sp³-hybridized carbons (Fsp3) is 0.219. The number of hydrogen-bond acceptors (Lipinski definition) is 9. The number of methoxy groups -OCH3 is 1. The van der Waals surface area contributed by atoms with Crippen molar-refractivity contribution in [1.82, 2.24) is 4.57 Å². The lowest BCUT2D eigenvalue weighted by molar-refractivity contribution is -0.136. The Bertz CT molecular complexity index is 1970. The van der Waals surface area contributed by atoms with Crippen molar-refractivity contribution in [2.24, 2.45) is 4.99 Å². The highest BCUT2D eigenvalue weighted by Gasteiger charge is 2.37. The van der Waals surface area contributed by atoms with Gasteiger partial charge in [0.05, 0.1) is 41.9 Å². The Hall–Kier alpha value is -5.03. The highest BCUT2D eigenvalue weighted by molar-refractivity contribution is 7.07. The molecule has 0 aliphatic carbocycles. The van der Waals surface area contributed by atoms with Gasteiger partial charge in [0.1, 0.15) is 10.3 Å². The van der Waals surface area contributed by atoms with Gasteiger partial charge in [-0.2, -0.15) is 0 Å². The molecule has 0 radical (unpaired) electrons. The number of aromatic nitrogens is 1. The maximum Gasteiger partial charge on any atom is 0.379 e.